The molecular weight excluding hydrogens is 844 g/mol. The van der Waals surface area contributed by atoms with Gasteiger partial charge in [0.15, 0.2) is 0 Å². The standard InChI is InChI=1S/2C12H28N4P2.2C2H6N.2Sb/c2*1-10(2,3)14-18-15(11(4,5)6)17(13)16(18)12(7,8)9;2*1-3-2;;/h2*14H,1-9H3;2*1-2H3;;/q;;2*-1;2*+1. The van der Waals surface area contributed by atoms with E-state index in [1.807, 2.05) is 0 Å². The molecule has 260 valence electrons. The molecule has 0 radical (unpaired) electrons. The van der Waals surface area contributed by atoms with Crippen LogP contribution < -0.4 is 10.2 Å². The molecule has 3 saturated heterocycles. The third kappa shape index (κ3) is 8.52. The molecule has 0 spiro atoms. The van der Waals surface area contributed by atoms with Crippen molar-refractivity contribution in [3.05, 3.63) is 0 Å². The summed E-state index contributed by atoms with van der Waals surface area (Å²) in [5, 5.41) is 8.23. The molecule has 0 aromatic rings. The summed E-state index contributed by atoms with van der Waals surface area (Å²) in [4.78, 5) is 0. The molecule has 2 N–H and O–H groups in total. The summed E-state index contributed by atoms with van der Waals surface area (Å²) >= 11 is -4.58. The quantitative estimate of drug-likeness (QED) is 0.204. The van der Waals surface area contributed by atoms with Crippen LogP contribution in [0.4, 0.5) is 0 Å². The zero-order valence-corrected chi connectivity index (χ0v) is 40.9. The second kappa shape index (κ2) is 13.5. The van der Waals surface area contributed by atoms with E-state index in [1.165, 1.54) is 0 Å². The van der Waals surface area contributed by atoms with E-state index in [0.717, 1.165) is 0 Å². The third-order valence-electron chi connectivity index (χ3n) is 6.34. The molecule has 0 aromatic heterocycles. The first kappa shape index (κ1) is 41.4. The summed E-state index contributed by atoms with van der Waals surface area (Å²) in [5.41, 5.74) is 0.426. The molecule has 16 heteroatoms. The fourth-order valence-electron chi connectivity index (χ4n) is 5.04. The number of nitrogens with zero attached hydrogens (tertiary/aromatic N) is 8. The monoisotopic (exact) mass is 910 g/mol. The molecule has 10 nitrogen and oxygen atoms in total. The normalized spacial score (nSPS) is 29.5. The zero-order chi connectivity index (χ0) is 34.5. The van der Waals surface area contributed by atoms with Gasteiger partial charge in [-0.1, -0.05) is 0 Å². The SMILES string of the molecule is C[N](C)[Sb]1[N](P2N(C(C)(C)C)P(NC(C)(C)C)N2C(C)(C)C)[Sb]([N](C)C)[N]1P1N(C(C)(C)C)P(NC(C)(C)C)N1C(C)(C)C. The summed E-state index contributed by atoms with van der Waals surface area (Å²) in [6.45, 7) is 43.3. The van der Waals surface area contributed by atoms with E-state index in [-0.39, 0.29) is 33.2 Å². The average Bonchev–Trinajstić information content (AvgIpc) is 2.62. The summed E-state index contributed by atoms with van der Waals surface area (Å²) < 4.78 is 23.5. The Balaban J connectivity index is 2.19. The van der Waals surface area contributed by atoms with Crippen molar-refractivity contribution in [2.24, 2.45) is 0 Å². The molecule has 3 rings (SSSR count). The maximum atomic E-state index is 4.12. The minimum absolute atomic E-state index is 0.0536. The van der Waals surface area contributed by atoms with Crippen LogP contribution in [0.25, 0.3) is 0 Å². The van der Waals surface area contributed by atoms with Crippen LogP contribution in [0.15, 0.2) is 0 Å². The minimum atomic E-state index is -2.29. The number of rotatable bonds is 6. The van der Waals surface area contributed by atoms with Crippen molar-refractivity contribution >= 4 is 75.6 Å². The Bertz CT molecular complexity index is 881. The van der Waals surface area contributed by atoms with Crippen LogP contribution in [0.2, 0.25) is 0 Å². The Hall–Kier alpha value is 2.96. The fraction of sp³-hybridized carbons (Fsp3) is 1.00. The molecule has 3 aliphatic rings. The first-order valence-corrected chi connectivity index (χ1v) is 27.6. The summed E-state index contributed by atoms with van der Waals surface area (Å²) in [6.07, 6.45) is 0. The molecule has 3 fully saturated rings. The van der Waals surface area contributed by atoms with Crippen LogP contribution in [-0.4, -0.2) is 129 Å². The molecule has 0 bridgehead atoms. The summed E-state index contributed by atoms with van der Waals surface area (Å²) in [5.74, 6) is 0. The van der Waals surface area contributed by atoms with Gasteiger partial charge in [0.1, 0.15) is 0 Å². The Morgan fingerprint density at radius 3 is 0.750 bits per heavy atom. The van der Waals surface area contributed by atoms with Gasteiger partial charge in [-0.25, -0.2) is 0 Å². The second-order valence-corrected chi connectivity index (χ2v) is 47.9. The van der Waals surface area contributed by atoms with Gasteiger partial charge >= 0.3 is 298 Å². The van der Waals surface area contributed by atoms with E-state index in [9.17, 15) is 0 Å². The average molecular weight is 912 g/mol. The molecular formula is C28H68N10P4Sb2. The molecule has 0 atom stereocenters. The van der Waals surface area contributed by atoms with Gasteiger partial charge in [0, 0.05) is 0 Å². The number of nitrogens with one attached hydrogen (secondary N) is 2. The molecule has 0 aromatic carbocycles. The molecule has 0 unspecified atom stereocenters. The van der Waals surface area contributed by atoms with Crippen molar-refractivity contribution in [2.45, 2.75) is 158 Å². The second-order valence-electron chi connectivity index (χ2n) is 18.4. The third-order valence-corrected chi connectivity index (χ3v) is 50.0. The molecule has 0 amide bonds. The van der Waals surface area contributed by atoms with Gasteiger partial charge in [-0.05, 0) is 0 Å². The van der Waals surface area contributed by atoms with Crippen LogP contribution in [0.5, 0.6) is 0 Å². The molecule has 0 saturated carbocycles. The zero-order valence-electron chi connectivity index (χ0n) is 32.3. The van der Waals surface area contributed by atoms with Crippen molar-refractivity contribution in [3.8, 4) is 0 Å². The van der Waals surface area contributed by atoms with Crippen molar-refractivity contribution in [3.63, 3.8) is 0 Å². The fourth-order valence-corrected chi connectivity index (χ4v) is 71.0. The Morgan fingerprint density at radius 2 is 0.614 bits per heavy atom. The van der Waals surface area contributed by atoms with Crippen molar-refractivity contribution in [1.29, 1.82) is 0 Å². The van der Waals surface area contributed by atoms with Gasteiger partial charge in [-0.15, -0.1) is 0 Å². The first-order valence-electron chi connectivity index (χ1n) is 15.8. The van der Waals surface area contributed by atoms with Crippen LogP contribution in [0.3, 0.4) is 0 Å². The summed E-state index contributed by atoms with van der Waals surface area (Å²) in [6, 6.07) is 0. The van der Waals surface area contributed by atoms with Gasteiger partial charge in [0.25, 0.3) is 0 Å². The Kier molecular flexibility index (Phi) is 12.7. The van der Waals surface area contributed by atoms with E-state index in [4.69, 9.17) is 0 Å². The molecule has 3 aliphatic heterocycles. The molecule has 44 heavy (non-hydrogen) atoms. The predicted octanol–water partition coefficient (Wildman–Crippen LogP) is 7.81. The van der Waals surface area contributed by atoms with Gasteiger partial charge in [0.05, 0.1) is 0 Å². The van der Waals surface area contributed by atoms with Crippen molar-refractivity contribution < 1.29 is 0 Å². The maximum absolute atomic E-state index is 4.12. The van der Waals surface area contributed by atoms with Gasteiger partial charge in [-0.2, -0.15) is 0 Å². The molecule has 0 aliphatic carbocycles. The summed E-state index contributed by atoms with van der Waals surface area (Å²) in [7, 11) is 7.12. The first-order chi connectivity index (χ1) is 19.3. The molecule has 3 heterocycles. The Morgan fingerprint density at radius 1 is 0.409 bits per heavy atom. The van der Waals surface area contributed by atoms with E-state index in [1.54, 1.807) is 0 Å². The van der Waals surface area contributed by atoms with Crippen molar-refractivity contribution in [2.75, 3.05) is 28.2 Å². The van der Waals surface area contributed by atoms with Gasteiger partial charge in [-0.3, -0.25) is 0 Å². The topological polar surface area (TPSA) is 50.0 Å². The predicted molar refractivity (Wildman–Crippen MR) is 202 cm³/mol. The van der Waals surface area contributed by atoms with Crippen molar-refractivity contribution in [1.82, 2.24) is 36.0 Å². The number of hydrogen-bond donors (Lipinski definition) is 2. The van der Waals surface area contributed by atoms with Gasteiger partial charge < -0.3 is 0 Å². The van der Waals surface area contributed by atoms with E-state index in [2.05, 4.69) is 189 Å². The van der Waals surface area contributed by atoms with Crippen LogP contribution in [0.1, 0.15) is 125 Å². The number of hydrogen-bond acceptors (Lipinski definition) is 10. The van der Waals surface area contributed by atoms with Crippen LogP contribution in [-0.2, 0) is 0 Å². The van der Waals surface area contributed by atoms with E-state index in [0.29, 0.717) is 0 Å². The van der Waals surface area contributed by atoms with Crippen LogP contribution >= 0.6 is 33.5 Å². The van der Waals surface area contributed by atoms with E-state index < -0.39 is 75.6 Å². The van der Waals surface area contributed by atoms with Crippen LogP contribution in [0, 0.1) is 0 Å². The Labute approximate surface area is 295 Å². The van der Waals surface area contributed by atoms with E-state index >= 15 is 0 Å². The van der Waals surface area contributed by atoms with Gasteiger partial charge in [0.2, 0.25) is 0 Å².